The first kappa shape index (κ1) is 29.5. The number of carbonyl (C=O) groups excluding carboxylic acids is 3. The minimum atomic E-state index is -1.000. The van der Waals surface area contributed by atoms with Gasteiger partial charge in [0.25, 0.3) is 0 Å². The number of amides is 3. The molecule has 1 heterocycles. The maximum Gasteiger partial charge on any atom is 0.509 e. The van der Waals surface area contributed by atoms with Crippen LogP contribution in [0.3, 0.4) is 0 Å². The maximum absolute atomic E-state index is 13.5. The molecule has 0 spiro atoms. The molecule has 200 valence electrons. The van der Waals surface area contributed by atoms with Gasteiger partial charge in [0.15, 0.2) is 0 Å². The molecule has 2 N–H and O–H groups in total. The number of urea groups is 1. The number of hydrogen-bond acceptors (Lipinski definition) is 5. The van der Waals surface area contributed by atoms with Crippen molar-refractivity contribution in [2.24, 2.45) is 11.3 Å². The molecule has 9 heteroatoms. The average molecular weight is 522 g/mol. The first-order valence-electron chi connectivity index (χ1n) is 12.3. The number of benzene rings is 1. The molecule has 8 nitrogen and oxygen atoms in total. The number of rotatable bonds is 9. The molecule has 1 fully saturated rings. The Balaban J connectivity index is 1.97. The maximum atomic E-state index is 13.5. The first-order chi connectivity index (χ1) is 16.8. The Bertz CT molecular complexity index is 930. The van der Waals surface area contributed by atoms with E-state index in [9.17, 15) is 14.4 Å². The van der Waals surface area contributed by atoms with Gasteiger partial charge in [-0.25, -0.2) is 9.59 Å². The van der Waals surface area contributed by atoms with Gasteiger partial charge in [0.05, 0.1) is 6.54 Å². The highest BCUT2D eigenvalue weighted by Crippen LogP contribution is 2.42. The molecule has 36 heavy (non-hydrogen) atoms. The highest BCUT2D eigenvalue weighted by atomic mass is 35.5. The van der Waals surface area contributed by atoms with Crippen LogP contribution in [0.2, 0.25) is 5.02 Å². The molecule has 1 aliphatic rings. The highest BCUT2D eigenvalue weighted by Gasteiger charge is 2.40. The van der Waals surface area contributed by atoms with Crippen molar-refractivity contribution in [3.8, 4) is 0 Å². The van der Waals surface area contributed by atoms with Gasteiger partial charge in [-0.1, -0.05) is 64.1 Å². The van der Waals surface area contributed by atoms with Crippen LogP contribution < -0.4 is 10.6 Å². The predicted octanol–water partition coefficient (Wildman–Crippen LogP) is 5.12. The van der Waals surface area contributed by atoms with Crippen LogP contribution >= 0.6 is 11.6 Å². The quantitative estimate of drug-likeness (QED) is 0.347. The van der Waals surface area contributed by atoms with Gasteiger partial charge in [0, 0.05) is 18.1 Å². The van der Waals surface area contributed by atoms with Crippen molar-refractivity contribution < 1.29 is 23.9 Å². The molecule has 0 bridgehead atoms. The molecule has 0 aliphatic carbocycles. The number of piperidine rings is 1. The molecule has 2 atom stereocenters. The monoisotopic (exact) mass is 521 g/mol. The molecule has 1 saturated heterocycles. The number of ether oxygens (including phenoxy) is 2. The lowest BCUT2D eigenvalue weighted by Gasteiger charge is -2.45. The molecule has 2 unspecified atom stereocenters. The Labute approximate surface area is 219 Å². The van der Waals surface area contributed by atoms with Crippen molar-refractivity contribution in [3.05, 3.63) is 47.5 Å². The molecule has 1 aromatic rings. The lowest BCUT2D eigenvalue weighted by molar-refractivity contribution is -0.137. The van der Waals surface area contributed by atoms with E-state index in [0.29, 0.717) is 24.0 Å². The second kappa shape index (κ2) is 12.5. The molecule has 0 radical (unpaired) electrons. The summed E-state index contributed by atoms with van der Waals surface area (Å²) in [6, 6.07) is 6.72. The van der Waals surface area contributed by atoms with E-state index in [1.807, 2.05) is 30.9 Å². The van der Waals surface area contributed by atoms with Crippen LogP contribution in [-0.4, -0.2) is 60.9 Å². The molecule has 3 amide bonds. The number of halogens is 1. The lowest BCUT2D eigenvalue weighted by Crippen LogP contribution is -2.58. The van der Waals surface area contributed by atoms with Crippen molar-refractivity contribution in [2.75, 3.05) is 26.2 Å². The fraction of sp³-hybridized carbons (Fsp3) is 0.593. The van der Waals surface area contributed by atoms with Crippen LogP contribution in [0.15, 0.2) is 36.9 Å². The highest BCUT2D eigenvalue weighted by molar-refractivity contribution is 6.30. The Morgan fingerprint density at radius 1 is 1.25 bits per heavy atom. The van der Waals surface area contributed by atoms with Gasteiger partial charge < -0.3 is 25.0 Å². The van der Waals surface area contributed by atoms with Crippen LogP contribution in [0.4, 0.5) is 9.59 Å². The number of hydrogen-bond donors (Lipinski definition) is 2. The Kier molecular flexibility index (Phi) is 10.2. The topological polar surface area (TPSA) is 97.0 Å². The van der Waals surface area contributed by atoms with E-state index in [1.54, 1.807) is 13.8 Å². The summed E-state index contributed by atoms with van der Waals surface area (Å²) in [5, 5.41) is 6.21. The van der Waals surface area contributed by atoms with E-state index in [2.05, 4.69) is 43.2 Å². The molecule has 0 saturated carbocycles. The normalized spacial score (nSPS) is 18.2. The third kappa shape index (κ3) is 8.43. The standard InChI is InChI=1S/C27H40ClN3O5/c1-8-15-35-25(34)36-27(6,7)16-29-24(33)30-22(18(2)3)23(32)31-14-13-21(26(4,5)17-31)19-9-11-20(28)12-10-19/h8-12,18,21-22H,1,13-17H2,2-7H3,(H2,29,30,33). The fourth-order valence-corrected chi connectivity index (χ4v) is 4.60. The molecule has 2 rings (SSSR count). The summed E-state index contributed by atoms with van der Waals surface area (Å²) < 4.78 is 10.1. The summed E-state index contributed by atoms with van der Waals surface area (Å²) >= 11 is 6.06. The Morgan fingerprint density at radius 2 is 1.89 bits per heavy atom. The molecule has 1 aliphatic heterocycles. The van der Waals surface area contributed by atoms with E-state index in [1.165, 1.54) is 11.6 Å². The number of carbonyl (C=O) groups is 3. The van der Waals surface area contributed by atoms with Crippen molar-refractivity contribution in [2.45, 2.75) is 65.5 Å². The third-order valence-corrected chi connectivity index (χ3v) is 6.64. The van der Waals surface area contributed by atoms with E-state index in [-0.39, 0.29) is 30.4 Å². The van der Waals surface area contributed by atoms with Crippen molar-refractivity contribution >= 4 is 29.7 Å². The lowest BCUT2D eigenvalue weighted by atomic mass is 9.70. The van der Waals surface area contributed by atoms with Crippen molar-refractivity contribution in [1.29, 1.82) is 0 Å². The van der Waals surface area contributed by atoms with E-state index < -0.39 is 23.8 Å². The van der Waals surface area contributed by atoms with Gasteiger partial charge in [-0.3, -0.25) is 4.79 Å². The molecular weight excluding hydrogens is 482 g/mol. The van der Waals surface area contributed by atoms with Crippen LogP contribution in [0.5, 0.6) is 0 Å². The SMILES string of the molecule is C=CCOC(=O)OC(C)(C)CNC(=O)NC(C(=O)N1CCC(c2ccc(Cl)cc2)C(C)(C)C1)C(C)C. The van der Waals surface area contributed by atoms with E-state index >= 15 is 0 Å². The van der Waals surface area contributed by atoms with Crippen LogP contribution in [0.1, 0.15) is 59.4 Å². The van der Waals surface area contributed by atoms with Gasteiger partial charge in [-0.2, -0.15) is 0 Å². The average Bonchev–Trinajstić information content (AvgIpc) is 2.79. The van der Waals surface area contributed by atoms with Crippen LogP contribution in [0, 0.1) is 11.3 Å². The Morgan fingerprint density at radius 3 is 2.44 bits per heavy atom. The van der Waals surface area contributed by atoms with Crippen molar-refractivity contribution in [3.63, 3.8) is 0 Å². The molecular formula is C27H40ClN3O5. The van der Waals surface area contributed by atoms with Gasteiger partial charge in [0.1, 0.15) is 18.2 Å². The number of nitrogens with zero attached hydrogens (tertiary/aromatic N) is 1. The van der Waals surface area contributed by atoms with E-state index in [0.717, 1.165) is 6.42 Å². The van der Waals surface area contributed by atoms with Crippen LogP contribution in [-0.2, 0) is 14.3 Å². The summed E-state index contributed by atoms with van der Waals surface area (Å²) in [6.45, 7) is 16.2. The van der Waals surface area contributed by atoms with Gasteiger partial charge >= 0.3 is 12.2 Å². The first-order valence-corrected chi connectivity index (χ1v) is 12.7. The summed E-state index contributed by atoms with van der Waals surface area (Å²) in [7, 11) is 0. The van der Waals surface area contributed by atoms with Gasteiger partial charge in [-0.05, 0) is 55.2 Å². The van der Waals surface area contributed by atoms with Gasteiger partial charge in [0.2, 0.25) is 5.91 Å². The summed E-state index contributed by atoms with van der Waals surface area (Å²) in [5.41, 5.74) is 0.0701. The number of nitrogens with one attached hydrogen (secondary N) is 2. The van der Waals surface area contributed by atoms with E-state index in [4.69, 9.17) is 21.1 Å². The summed E-state index contributed by atoms with van der Waals surface area (Å²) in [5.74, 6) is 0.0813. The second-order valence-corrected chi connectivity index (χ2v) is 11.3. The number of likely N-dealkylation sites (tertiary alicyclic amines) is 1. The Hall–Kier alpha value is -2.74. The third-order valence-electron chi connectivity index (χ3n) is 6.39. The largest absolute Gasteiger partial charge is 0.509 e. The smallest absolute Gasteiger partial charge is 0.430 e. The summed E-state index contributed by atoms with van der Waals surface area (Å²) in [6.07, 6.45) is 1.41. The zero-order chi connectivity index (χ0) is 27.1. The fourth-order valence-electron chi connectivity index (χ4n) is 4.47. The summed E-state index contributed by atoms with van der Waals surface area (Å²) in [4.78, 5) is 39.7. The van der Waals surface area contributed by atoms with Crippen LogP contribution in [0.25, 0.3) is 0 Å². The minimum absolute atomic E-state index is 0.0365. The zero-order valence-electron chi connectivity index (χ0n) is 22.2. The minimum Gasteiger partial charge on any atom is -0.430 e. The zero-order valence-corrected chi connectivity index (χ0v) is 23.0. The predicted molar refractivity (Wildman–Crippen MR) is 141 cm³/mol. The second-order valence-electron chi connectivity index (χ2n) is 10.9. The van der Waals surface area contributed by atoms with Gasteiger partial charge in [-0.15, -0.1) is 0 Å². The molecule has 0 aromatic heterocycles. The van der Waals surface area contributed by atoms with Crippen molar-refractivity contribution in [1.82, 2.24) is 15.5 Å². The molecule has 1 aromatic carbocycles.